The first kappa shape index (κ1) is 24.7. The summed E-state index contributed by atoms with van der Waals surface area (Å²) in [7, 11) is 0. The lowest BCUT2D eigenvalue weighted by atomic mass is 9.97. The molecule has 0 aromatic carbocycles. The Hall–Kier alpha value is -3.40. The van der Waals surface area contributed by atoms with Crippen molar-refractivity contribution in [2.75, 3.05) is 18.4 Å². The molecular formula is C25H32N6O4. The van der Waals surface area contributed by atoms with Crippen LogP contribution in [0.5, 0.6) is 0 Å². The third kappa shape index (κ3) is 6.19. The number of nitrogens with one attached hydrogen (secondary N) is 1. The van der Waals surface area contributed by atoms with E-state index in [2.05, 4.69) is 27.2 Å². The third-order valence-corrected chi connectivity index (χ3v) is 6.93. The van der Waals surface area contributed by atoms with Crippen molar-refractivity contribution in [2.24, 2.45) is 11.3 Å². The van der Waals surface area contributed by atoms with Crippen molar-refractivity contribution < 1.29 is 19.6 Å². The molecule has 1 aliphatic carbocycles. The van der Waals surface area contributed by atoms with Crippen molar-refractivity contribution in [3.8, 4) is 11.3 Å². The minimum atomic E-state index is -0.598. The number of unbranched alkanes of at least 4 members (excludes halogenated alkanes) is 1. The van der Waals surface area contributed by atoms with Gasteiger partial charge in [-0.25, -0.2) is 15.0 Å². The molecule has 35 heavy (non-hydrogen) atoms. The molecule has 10 heteroatoms. The number of nitrogens with zero attached hydrogens (tertiary/aromatic N) is 5. The van der Waals surface area contributed by atoms with E-state index in [1.165, 1.54) is 0 Å². The molecule has 4 rings (SSSR count). The van der Waals surface area contributed by atoms with Crippen LogP contribution in [0.25, 0.3) is 11.3 Å². The fourth-order valence-corrected chi connectivity index (χ4v) is 4.80. The van der Waals surface area contributed by atoms with E-state index in [4.69, 9.17) is 0 Å². The molecule has 1 spiro atoms. The fraction of sp³-hybridized carbons (Fsp3) is 0.520. The molecule has 3 amide bonds. The van der Waals surface area contributed by atoms with Crippen LogP contribution in [0.15, 0.2) is 36.8 Å². The molecular weight excluding hydrogens is 448 g/mol. The summed E-state index contributed by atoms with van der Waals surface area (Å²) >= 11 is 0. The number of carbonyl (C=O) groups is 3. The average Bonchev–Trinajstić information content (AvgIpc) is 3.52. The van der Waals surface area contributed by atoms with Crippen LogP contribution in [0.3, 0.4) is 0 Å². The van der Waals surface area contributed by atoms with E-state index in [-0.39, 0.29) is 42.1 Å². The number of hydrogen-bond acceptors (Lipinski definition) is 7. The Balaban J connectivity index is 1.45. The molecule has 0 radical (unpaired) electrons. The summed E-state index contributed by atoms with van der Waals surface area (Å²) < 4.78 is 0. The second kappa shape index (κ2) is 10.9. The molecule has 2 N–H and O–H groups in total. The van der Waals surface area contributed by atoms with Gasteiger partial charge in [0.25, 0.3) is 0 Å². The van der Waals surface area contributed by atoms with Crippen LogP contribution in [0.4, 0.5) is 5.95 Å². The number of hydroxylamine groups is 2. The van der Waals surface area contributed by atoms with Gasteiger partial charge in [-0.05, 0) is 55.2 Å². The summed E-state index contributed by atoms with van der Waals surface area (Å²) in [6, 6.07) is 4.84. The number of likely N-dealkylation sites (tertiary alicyclic amines) is 1. The van der Waals surface area contributed by atoms with Gasteiger partial charge >= 0.3 is 0 Å². The molecule has 2 aromatic heterocycles. The van der Waals surface area contributed by atoms with Crippen LogP contribution >= 0.6 is 0 Å². The Kier molecular flexibility index (Phi) is 7.70. The highest BCUT2D eigenvalue weighted by molar-refractivity contribution is 5.96. The van der Waals surface area contributed by atoms with Crippen molar-refractivity contribution in [1.82, 2.24) is 24.9 Å². The number of rotatable bonds is 11. The average molecular weight is 481 g/mol. The molecule has 1 saturated carbocycles. The number of carbonyl (C=O) groups excluding carboxylic acids is 3. The van der Waals surface area contributed by atoms with Crippen molar-refractivity contribution in [3.63, 3.8) is 0 Å². The van der Waals surface area contributed by atoms with Crippen molar-refractivity contribution in [3.05, 3.63) is 36.8 Å². The highest BCUT2D eigenvalue weighted by atomic mass is 16.5. The predicted molar refractivity (Wildman–Crippen MR) is 128 cm³/mol. The Morgan fingerprint density at radius 3 is 2.86 bits per heavy atom. The number of aromatic nitrogens is 3. The van der Waals surface area contributed by atoms with Crippen molar-refractivity contribution in [1.29, 1.82) is 0 Å². The lowest BCUT2D eigenvalue weighted by Crippen LogP contribution is -2.44. The molecule has 2 atom stereocenters. The van der Waals surface area contributed by atoms with E-state index in [1.54, 1.807) is 29.6 Å². The topological polar surface area (TPSA) is 129 Å². The van der Waals surface area contributed by atoms with Gasteiger partial charge in [0, 0.05) is 37.1 Å². The van der Waals surface area contributed by atoms with Crippen molar-refractivity contribution >= 4 is 24.2 Å². The summed E-state index contributed by atoms with van der Waals surface area (Å²) in [5.74, 6) is -0.411. The number of pyridine rings is 1. The number of amides is 3. The molecule has 186 valence electrons. The SMILES string of the molecule is CCCCC(CC(=O)N1CC2(CC2)C[C@H]1C(=O)Nc1nccc(-c2cccnc2)n1)CN(O)C=O. The molecule has 1 saturated heterocycles. The fourth-order valence-electron chi connectivity index (χ4n) is 4.80. The quantitative estimate of drug-likeness (QED) is 0.287. The first-order valence-electron chi connectivity index (χ1n) is 12.2. The second-order valence-corrected chi connectivity index (χ2v) is 9.68. The second-order valence-electron chi connectivity index (χ2n) is 9.68. The summed E-state index contributed by atoms with van der Waals surface area (Å²) in [6.07, 6.45) is 10.7. The van der Waals surface area contributed by atoms with Gasteiger partial charge in [-0.15, -0.1) is 0 Å². The maximum absolute atomic E-state index is 13.3. The van der Waals surface area contributed by atoms with E-state index in [0.29, 0.717) is 30.1 Å². The van der Waals surface area contributed by atoms with Crippen LogP contribution in [0, 0.1) is 11.3 Å². The number of anilines is 1. The predicted octanol–water partition coefficient (Wildman–Crippen LogP) is 2.90. The van der Waals surface area contributed by atoms with E-state index in [0.717, 1.165) is 37.7 Å². The van der Waals surface area contributed by atoms with Gasteiger partial charge in [0.2, 0.25) is 24.2 Å². The van der Waals surface area contributed by atoms with Crippen molar-refractivity contribution in [2.45, 2.75) is 57.9 Å². The molecule has 3 heterocycles. The minimum absolute atomic E-state index is 0.0147. The van der Waals surface area contributed by atoms with E-state index < -0.39 is 6.04 Å². The third-order valence-electron chi connectivity index (χ3n) is 6.93. The summed E-state index contributed by atoms with van der Waals surface area (Å²) in [5, 5.41) is 13.1. The highest BCUT2D eigenvalue weighted by Crippen LogP contribution is 2.55. The lowest BCUT2D eigenvalue weighted by Gasteiger charge is -2.27. The monoisotopic (exact) mass is 480 g/mol. The zero-order valence-corrected chi connectivity index (χ0v) is 20.0. The Morgan fingerprint density at radius 2 is 2.17 bits per heavy atom. The Morgan fingerprint density at radius 1 is 1.34 bits per heavy atom. The molecule has 2 fully saturated rings. The summed E-state index contributed by atoms with van der Waals surface area (Å²) in [6.45, 7) is 2.70. The summed E-state index contributed by atoms with van der Waals surface area (Å²) in [4.78, 5) is 51.9. The van der Waals surface area contributed by atoms with Crippen LogP contribution < -0.4 is 5.32 Å². The van der Waals surface area contributed by atoms with Gasteiger partial charge in [0.15, 0.2) is 0 Å². The van der Waals surface area contributed by atoms with Crippen LogP contribution in [0.2, 0.25) is 0 Å². The molecule has 2 aliphatic rings. The summed E-state index contributed by atoms with van der Waals surface area (Å²) in [5.41, 5.74) is 1.47. The maximum Gasteiger partial charge on any atom is 0.249 e. The molecule has 1 aliphatic heterocycles. The van der Waals surface area contributed by atoms with Gasteiger partial charge in [0.1, 0.15) is 6.04 Å². The highest BCUT2D eigenvalue weighted by Gasteiger charge is 2.55. The first-order chi connectivity index (χ1) is 16.9. The largest absolute Gasteiger partial charge is 0.330 e. The standard InChI is InChI=1S/C25H32N6O4/c1-2-3-5-18(15-30(35)17-32)12-22(33)31-16-25(8-9-25)13-21(31)23(34)29-24-27-11-7-20(28-24)19-6-4-10-26-14-19/h4,6-7,10-11,14,17-18,21,35H,2-3,5,8-9,12-13,15-16H2,1H3,(H,27,28,29,34)/t18?,21-/m0/s1. The van der Waals surface area contributed by atoms with Gasteiger partial charge in [-0.3, -0.25) is 29.9 Å². The zero-order chi connectivity index (χ0) is 24.8. The van der Waals surface area contributed by atoms with Gasteiger partial charge in [0.05, 0.1) is 12.2 Å². The Bertz CT molecular complexity index is 1050. The normalized spacial score (nSPS) is 18.8. The molecule has 0 bridgehead atoms. The number of hydrogen-bond donors (Lipinski definition) is 2. The van der Waals surface area contributed by atoms with E-state index in [1.807, 2.05) is 12.1 Å². The van der Waals surface area contributed by atoms with Gasteiger partial charge in [-0.2, -0.15) is 0 Å². The molecule has 10 nitrogen and oxygen atoms in total. The minimum Gasteiger partial charge on any atom is -0.330 e. The molecule has 2 aromatic rings. The zero-order valence-electron chi connectivity index (χ0n) is 20.0. The van der Waals surface area contributed by atoms with Crippen LogP contribution in [-0.4, -0.2) is 67.5 Å². The Labute approximate surface area is 204 Å². The first-order valence-corrected chi connectivity index (χ1v) is 12.2. The maximum atomic E-state index is 13.3. The van der Waals surface area contributed by atoms with E-state index in [9.17, 15) is 19.6 Å². The van der Waals surface area contributed by atoms with Crippen LogP contribution in [-0.2, 0) is 14.4 Å². The smallest absolute Gasteiger partial charge is 0.249 e. The lowest BCUT2D eigenvalue weighted by molar-refractivity contribution is -0.154. The van der Waals surface area contributed by atoms with Crippen LogP contribution in [0.1, 0.15) is 51.9 Å². The van der Waals surface area contributed by atoms with Gasteiger partial charge in [-0.1, -0.05) is 19.8 Å². The van der Waals surface area contributed by atoms with Gasteiger partial charge < -0.3 is 4.90 Å². The van der Waals surface area contributed by atoms with E-state index >= 15 is 0 Å². The molecule has 1 unspecified atom stereocenters.